The first-order chi connectivity index (χ1) is 9.74. The number of nitrogens with zero attached hydrogens (tertiary/aromatic N) is 1. The molecule has 1 aromatic heterocycles. The lowest BCUT2D eigenvalue weighted by Gasteiger charge is -2.07. The number of benzene rings is 2. The smallest absolute Gasteiger partial charge is 0.0731 e. The molecular weight excluding hydrogens is 242 g/mol. The van der Waals surface area contributed by atoms with Crippen molar-refractivity contribution in [1.29, 1.82) is 0 Å². The van der Waals surface area contributed by atoms with Crippen LogP contribution in [0.15, 0.2) is 66.9 Å². The molecular formula is C19H17N. The van der Waals surface area contributed by atoms with Crippen LogP contribution in [0.3, 0.4) is 0 Å². The third-order valence-electron chi connectivity index (χ3n) is 3.48. The van der Waals surface area contributed by atoms with Crippen molar-refractivity contribution in [3.8, 4) is 22.4 Å². The monoisotopic (exact) mass is 259 g/mol. The number of hydrogen-bond donors (Lipinski definition) is 0. The van der Waals surface area contributed by atoms with Gasteiger partial charge in [0, 0.05) is 11.8 Å². The predicted octanol–water partition coefficient (Wildman–Crippen LogP) is 5.03. The molecule has 3 aromatic rings. The molecule has 0 saturated carbocycles. The van der Waals surface area contributed by atoms with E-state index in [-0.39, 0.29) is 0 Å². The molecule has 0 atom stereocenters. The highest BCUT2D eigenvalue weighted by molar-refractivity contribution is 5.70. The van der Waals surface area contributed by atoms with Crippen molar-refractivity contribution in [2.24, 2.45) is 0 Å². The molecule has 20 heavy (non-hydrogen) atoms. The number of pyridine rings is 1. The topological polar surface area (TPSA) is 12.9 Å². The molecule has 0 unspecified atom stereocenters. The Labute approximate surface area is 119 Å². The summed E-state index contributed by atoms with van der Waals surface area (Å²) in [4.78, 5) is 4.55. The van der Waals surface area contributed by atoms with Crippen molar-refractivity contribution in [2.75, 3.05) is 0 Å². The third-order valence-corrected chi connectivity index (χ3v) is 3.48. The first-order valence-electron chi connectivity index (χ1n) is 6.83. The summed E-state index contributed by atoms with van der Waals surface area (Å²) in [5.41, 5.74) is 7.13. The van der Waals surface area contributed by atoms with Gasteiger partial charge in [-0.05, 0) is 36.1 Å². The molecule has 98 valence electrons. The van der Waals surface area contributed by atoms with E-state index >= 15 is 0 Å². The van der Waals surface area contributed by atoms with Gasteiger partial charge in [-0.3, -0.25) is 4.98 Å². The molecule has 0 radical (unpaired) electrons. The standard InChI is InChI=1S/C19H17N/c1-14-12-15(2)19(20-13-14)18-10-8-17(9-11-18)16-6-4-3-5-7-16/h3-13H,1-2H3. The lowest BCUT2D eigenvalue weighted by atomic mass is 10.0. The Morgan fingerprint density at radius 2 is 1.30 bits per heavy atom. The van der Waals surface area contributed by atoms with Gasteiger partial charge in [-0.1, -0.05) is 60.7 Å². The van der Waals surface area contributed by atoms with E-state index in [2.05, 4.69) is 73.4 Å². The van der Waals surface area contributed by atoms with E-state index in [1.54, 1.807) is 0 Å². The van der Waals surface area contributed by atoms with Gasteiger partial charge in [0.2, 0.25) is 0 Å². The van der Waals surface area contributed by atoms with Crippen molar-refractivity contribution in [3.63, 3.8) is 0 Å². The second kappa shape index (κ2) is 5.30. The molecule has 1 heterocycles. The SMILES string of the molecule is Cc1cnc(-c2ccc(-c3ccccc3)cc2)c(C)c1. The van der Waals surface area contributed by atoms with Crippen LogP contribution in [0.1, 0.15) is 11.1 Å². The summed E-state index contributed by atoms with van der Waals surface area (Å²) in [6.07, 6.45) is 1.92. The van der Waals surface area contributed by atoms with Crippen molar-refractivity contribution in [1.82, 2.24) is 4.98 Å². The van der Waals surface area contributed by atoms with Gasteiger partial charge in [-0.15, -0.1) is 0 Å². The van der Waals surface area contributed by atoms with E-state index in [0.29, 0.717) is 0 Å². The molecule has 0 bridgehead atoms. The van der Waals surface area contributed by atoms with Gasteiger partial charge >= 0.3 is 0 Å². The minimum absolute atomic E-state index is 1.07. The zero-order chi connectivity index (χ0) is 13.9. The lowest BCUT2D eigenvalue weighted by Crippen LogP contribution is -1.89. The molecule has 0 spiro atoms. The van der Waals surface area contributed by atoms with Crippen LogP contribution in [0.4, 0.5) is 0 Å². The van der Waals surface area contributed by atoms with Crippen LogP contribution in [0.5, 0.6) is 0 Å². The van der Waals surface area contributed by atoms with Crippen LogP contribution >= 0.6 is 0 Å². The fourth-order valence-electron chi connectivity index (χ4n) is 2.47. The second-order valence-electron chi connectivity index (χ2n) is 5.12. The first kappa shape index (κ1) is 12.6. The Hall–Kier alpha value is -2.41. The minimum atomic E-state index is 1.07. The van der Waals surface area contributed by atoms with E-state index in [9.17, 15) is 0 Å². The maximum Gasteiger partial charge on any atom is 0.0731 e. The molecule has 1 heteroatoms. The average Bonchev–Trinajstić information content (AvgIpc) is 2.48. The van der Waals surface area contributed by atoms with Gasteiger partial charge in [0.15, 0.2) is 0 Å². The van der Waals surface area contributed by atoms with E-state index in [4.69, 9.17) is 0 Å². The molecule has 0 aliphatic rings. The van der Waals surface area contributed by atoms with Crippen LogP contribution in [0.25, 0.3) is 22.4 Å². The van der Waals surface area contributed by atoms with Gasteiger partial charge < -0.3 is 0 Å². The highest BCUT2D eigenvalue weighted by Crippen LogP contribution is 2.25. The number of aromatic nitrogens is 1. The van der Waals surface area contributed by atoms with Crippen molar-refractivity contribution in [3.05, 3.63) is 78.0 Å². The second-order valence-corrected chi connectivity index (χ2v) is 5.12. The number of rotatable bonds is 2. The van der Waals surface area contributed by atoms with Crippen LogP contribution < -0.4 is 0 Å². The van der Waals surface area contributed by atoms with Crippen LogP contribution in [0, 0.1) is 13.8 Å². The van der Waals surface area contributed by atoms with E-state index in [1.807, 2.05) is 12.3 Å². The highest BCUT2D eigenvalue weighted by atomic mass is 14.7. The van der Waals surface area contributed by atoms with Crippen LogP contribution in [-0.4, -0.2) is 4.98 Å². The van der Waals surface area contributed by atoms with E-state index in [1.165, 1.54) is 27.8 Å². The van der Waals surface area contributed by atoms with E-state index < -0.39 is 0 Å². The minimum Gasteiger partial charge on any atom is -0.256 e. The Balaban J connectivity index is 1.97. The van der Waals surface area contributed by atoms with Gasteiger partial charge in [0.1, 0.15) is 0 Å². The van der Waals surface area contributed by atoms with Crippen LogP contribution in [0.2, 0.25) is 0 Å². The fourth-order valence-corrected chi connectivity index (χ4v) is 2.47. The molecule has 0 fully saturated rings. The Kier molecular flexibility index (Phi) is 3.34. The van der Waals surface area contributed by atoms with Gasteiger partial charge in [0.05, 0.1) is 5.69 Å². The highest BCUT2D eigenvalue weighted by Gasteiger charge is 2.04. The van der Waals surface area contributed by atoms with Gasteiger partial charge in [-0.25, -0.2) is 0 Å². The lowest BCUT2D eigenvalue weighted by molar-refractivity contribution is 1.22. The summed E-state index contributed by atoms with van der Waals surface area (Å²) in [5.74, 6) is 0. The zero-order valence-corrected chi connectivity index (χ0v) is 11.8. The molecule has 0 aliphatic carbocycles. The Morgan fingerprint density at radius 3 is 1.95 bits per heavy atom. The summed E-state index contributed by atoms with van der Waals surface area (Å²) in [6, 6.07) is 21.2. The number of hydrogen-bond acceptors (Lipinski definition) is 1. The van der Waals surface area contributed by atoms with Crippen molar-refractivity contribution < 1.29 is 0 Å². The maximum absolute atomic E-state index is 4.55. The molecule has 0 saturated heterocycles. The Bertz CT molecular complexity index is 713. The maximum atomic E-state index is 4.55. The summed E-state index contributed by atoms with van der Waals surface area (Å²) < 4.78 is 0. The fraction of sp³-hybridized carbons (Fsp3) is 0.105. The molecule has 0 amide bonds. The first-order valence-corrected chi connectivity index (χ1v) is 6.83. The third kappa shape index (κ3) is 2.48. The molecule has 3 rings (SSSR count). The molecule has 0 aliphatic heterocycles. The summed E-state index contributed by atoms with van der Waals surface area (Å²) in [7, 11) is 0. The summed E-state index contributed by atoms with van der Waals surface area (Å²) in [5, 5.41) is 0. The predicted molar refractivity (Wildman–Crippen MR) is 84.6 cm³/mol. The van der Waals surface area contributed by atoms with Crippen molar-refractivity contribution in [2.45, 2.75) is 13.8 Å². The van der Waals surface area contributed by atoms with Crippen molar-refractivity contribution >= 4 is 0 Å². The van der Waals surface area contributed by atoms with Gasteiger partial charge in [0.25, 0.3) is 0 Å². The molecule has 1 nitrogen and oxygen atoms in total. The van der Waals surface area contributed by atoms with E-state index in [0.717, 1.165) is 5.69 Å². The summed E-state index contributed by atoms with van der Waals surface area (Å²) in [6.45, 7) is 4.18. The van der Waals surface area contributed by atoms with Crippen LogP contribution in [-0.2, 0) is 0 Å². The summed E-state index contributed by atoms with van der Waals surface area (Å²) >= 11 is 0. The number of aryl methyl sites for hydroxylation is 2. The zero-order valence-electron chi connectivity index (χ0n) is 11.8. The Morgan fingerprint density at radius 1 is 0.700 bits per heavy atom. The van der Waals surface area contributed by atoms with Gasteiger partial charge in [-0.2, -0.15) is 0 Å². The quantitative estimate of drug-likeness (QED) is 0.628. The molecule has 2 aromatic carbocycles. The average molecular weight is 259 g/mol. The molecule has 0 N–H and O–H groups in total. The largest absolute Gasteiger partial charge is 0.256 e. The normalized spacial score (nSPS) is 10.5.